The maximum Gasteiger partial charge on any atom is 0.316 e. The highest BCUT2D eigenvalue weighted by molar-refractivity contribution is 8.00. The van der Waals surface area contributed by atoms with Crippen LogP contribution in [-0.2, 0) is 4.79 Å². The first-order valence-electron chi connectivity index (χ1n) is 5.08. The Kier molecular flexibility index (Phi) is 5.43. The van der Waals surface area contributed by atoms with Crippen LogP contribution in [0.4, 0.5) is 0 Å². The molecule has 5 nitrogen and oxygen atoms in total. The standard InChI is InChI=1S/C10H13NO4S2/c1-2-7(10(12)13)17-9(6-11(14)15)8-4-3-5-16-8/h3-5,7,9H,2,6H2,1H3,(H,12,13). The van der Waals surface area contributed by atoms with Crippen LogP contribution in [0.5, 0.6) is 0 Å². The molecule has 0 saturated carbocycles. The fourth-order valence-corrected chi connectivity index (χ4v) is 3.49. The number of carboxylic acid groups (broad SMARTS) is 1. The highest BCUT2D eigenvalue weighted by Gasteiger charge is 2.26. The van der Waals surface area contributed by atoms with Crippen LogP contribution in [0, 0.1) is 10.1 Å². The highest BCUT2D eigenvalue weighted by Crippen LogP contribution is 2.36. The fourth-order valence-electron chi connectivity index (χ4n) is 1.34. The van der Waals surface area contributed by atoms with Gasteiger partial charge in [0.25, 0.3) is 0 Å². The van der Waals surface area contributed by atoms with Crippen molar-refractivity contribution in [1.29, 1.82) is 0 Å². The van der Waals surface area contributed by atoms with E-state index in [-0.39, 0.29) is 11.8 Å². The Bertz CT molecular complexity index is 380. The van der Waals surface area contributed by atoms with Crippen LogP contribution in [0.1, 0.15) is 23.5 Å². The summed E-state index contributed by atoms with van der Waals surface area (Å²) in [4.78, 5) is 22.0. The van der Waals surface area contributed by atoms with Crippen molar-refractivity contribution in [2.24, 2.45) is 0 Å². The summed E-state index contributed by atoms with van der Waals surface area (Å²) in [5.74, 6) is -0.914. The SMILES string of the molecule is CCC(SC(C[N+](=O)[O-])c1cccs1)C(=O)O. The van der Waals surface area contributed by atoms with Gasteiger partial charge in [0.1, 0.15) is 10.5 Å². The Morgan fingerprint density at radius 1 is 1.71 bits per heavy atom. The van der Waals surface area contributed by atoms with E-state index in [1.54, 1.807) is 13.0 Å². The van der Waals surface area contributed by atoms with Crippen molar-refractivity contribution < 1.29 is 14.8 Å². The Hall–Kier alpha value is -1.08. The van der Waals surface area contributed by atoms with E-state index in [9.17, 15) is 14.9 Å². The summed E-state index contributed by atoms with van der Waals surface area (Å²) >= 11 is 2.57. The van der Waals surface area contributed by atoms with Crippen LogP contribution in [-0.4, -0.2) is 27.8 Å². The quantitative estimate of drug-likeness (QED) is 0.611. The van der Waals surface area contributed by atoms with Crippen LogP contribution in [0.2, 0.25) is 0 Å². The number of nitrogens with zero attached hydrogens (tertiary/aromatic N) is 1. The van der Waals surface area contributed by atoms with Crippen LogP contribution in [0.25, 0.3) is 0 Å². The molecule has 0 bridgehead atoms. The van der Waals surface area contributed by atoms with Gasteiger partial charge in [0, 0.05) is 9.80 Å². The molecule has 0 spiro atoms. The molecule has 1 N–H and O–H groups in total. The van der Waals surface area contributed by atoms with Gasteiger partial charge < -0.3 is 5.11 Å². The van der Waals surface area contributed by atoms with Crippen molar-refractivity contribution in [3.05, 3.63) is 32.5 Å². The smallest absolute Gasteiger partial charge is 0.316 e. The van der Waals surface area contributed by atoms with Gasteiger partial charge in [-0.05, 0) is 17.9 Å². The number of nitro groups is 1. The predicted molar refractivity (Wildman–Crippen MR) is 68.2 cm³/mol. The molecule has 1 aromatic rings. The van der Waals surface area contributed by atoms with Crippen molar-refractivity contribution in [2.45, 2.75) is 23.8 Å². The van der Waals surface area contributed by atoms with Gasteiger partial charge in [-0.3, -0.25) is 14.9 Å². The Labute approximate surface area is 107 Å². The Morgan fingerprint density at radius 2 is 2.41 bits per heavy atom. The lowest BCUT2D eigenvalue weighted by Crippen LogP contribution is -2.19. The molecule has 0 radical (unpaired) electrons. The number of hydrogen-bond acceptors (Lipinski definition) is 5. The largest absolute Gasteiger partial charge is 0.480 e. The first-order valence-corrected chi connectivity index (χ1v) is 6.90. The highest BCUT2D eigenvalue weighted by atomic mass is 32.2. The summed E-state index contributed by atoms with van der Waals surface area (Å²) in [6, 6.07) is 3.62. The van der Waals surface area contributed by atoms with E-state index in [0.29, 0.717) is 6.42 Å². The summed E-state index contributed by atoms with van der Waals surface area (Å²) in [6.07, 6.45) is 0.458. The van der Waals surface area contributed by atoms with Gasteiger partial charge in [0.15, 0.2) is 0 Å². The number of hydrogen-bond donors (Lipinski definition) is 1. The molecule has 7 heteroatoms. The molecular weight excluding hydrogens is 262 g/mol. The number of aliphatic carboxylic acids is 1. The van der Waals surface area contributed by atoms with Gasteiger partial charge in [0.2, 0.25) is 6.54 Å². The van der Waals surface area contributed by atoms with Crippen molar-refractivity contribution in [3.63, 3.8) is 0 Å². The second-order valence-electron chi connectivity index (χ2n) is 3.39. The van der Waals surface area contributed by atoms with E-state index >= 15 is 0 Å². The molecule has 1 rings (SSSR count). The first-order chi connectivity index (χ1) is 8.04. The number of rotatable bonds is 7. The lowest BCUT2D eigenvalue weighted by Gasteiger charge is -2.15. The van der Waals surface area contributed by atoms with Crippen molar-refractivity contribution in [1.82, 2.24) is 0 Å². The molecule has 94 valence electrons. The lowest BCUT2D eigenvalue weighted by atomic mass is 10.3. The molecule has 0 aliphatic carbocycles. The third-order valence-corrected chi connectivity index (χ3v) is 4.88. The van der Waals surface area contributed by atoms with Crippen LogP contribution in [0.15, 0.2) is 17.5 Å². The zero-order chi connectivity index (χ0) is 12.8. The maximum atomic E-state index is 10.9. The molecule has 0 aromatic carbocycles. The molecule has 1 heterocycles. The second-order valence-corrected chi connectivity index (χ2v) is 5.78. The minimum absolute atomic E-state index is 0.241. The summed E-state index contributed by atoms with van der Waals surface area (Å²) in [5, 5.41) is 20.4. The predicted octanol–water partition coefficient (Wildman–Crippen LogP) is 2.66. The number of thiophene rings is 1. The van der Waals surface area contributed by atoms with Gasteiger partial charge in [-0.15, -0.1) is 23.1 Å². The van der Waals surface area contributed by atoms with E-state index in [2.05, 4.69) is 0 Å². The molecule has 17 heavy (non-hydrogen) atoms. The Balaban J connectivity index is 2.77. The van der Waals surface area contributed by atoms with Gasteiger partial charge in [-0.25, -0.2) is 0 Å². The zero-order valence-corrected chi connectivity index (χ0v) is 10.9. The molecule has 2 atom stereocenters. The third-order valence-electron chi connectivity index (χ3n) is 2.15. The third kappa shape index (κ3) is 4.35. The minimum Gasteiger partial charge on any atom is -0.480 e. The molecule has 0 aliphatic heterocycles. The number of carbonyl (C=O) groups is 1. The average molecular weight is 275 g/mol. The Morgan fingerprint density at radius 3 is 2.82 bits per heavy atom. The molecule has 0 aliphatic rings. The molecule has 2 unspecified atom stereocenters. The molecular formula is C10H13NO4S2. The topological polar surface area (TPSA) is 80.4 Å². The van der Waals surface area contributed by atoms with Gasteiger partial charge in [0.05, 0.1) is 0 Å². The minimum atomic E-state index is -0.914. The number of carboxylic acids is 1. The van der Waals surface area contributed by atoms with Crippen molar-refractivity contribution in [2.75, 3.05) is 6.54 Å². The number of thioether (sulfide) groups is 1. The van der Waals surface area contributed by atoms with Gasteiger partial charge >= 0.3 is 5.97 Å². The fraction of sp³-hybridized carbons (Fsp3) is 0.500. The van der Waals surface area contributed by atoms with E-state index < -0.39 is 16.1 Å². The van der Waals surface area contributed by atoms with Crippen molar-refractivity contribution >= 4 is 29.1 Å². The monoisotopic (exact) mass is 275 g/mol. The molecule has 0 fully saturated rings. The second kappa shape index (κ2) is 6.61. The zero-order valence-electron chi connectivity index (χ0n) is 9.24. The maximum absolute atomic E-state index is 10.9. The average Bonchev–Trinajstić information content (AvgIpc) is 2.76. The lowest BCUT2D eigenvalue weighted by molar-refractivity contribution is -0.479. The molecule has 1 aromatic heterocycles. The molecule has 0 saturated heterocycles. The van der Waals surface area contributed by atoms with E-state index in [4.69, 9.17) is 5.11 Å². The van der Waals surface area contributed by atoms with Gasteiger partial charge in [-0.2, -0.15) is 0 Å². The first kappa shape index (κ1) is 14.0. The summed E-state index contributed by atoms with van der Waals surface area (Å²) in [6.45, 7) is 1.53. The summed E-state index contributed by atoms with van der Waals surface area (Å²) in [7, 11) is 0. The summed E-state index contributed by atoms with van der Waals surface area (Å²) < 4.78 is 0. The van der Waals surface area contributed by atoms with Gasteiger partial charge in [-0.1, -0.05) is 13.0 Å². The molecule has 0 amide bonds. The van der Waals surface area contributed by atoms with E-state index in [1.807, 2.05) is 11.4 Å². The normalized spacial score (nSPS) is 14.2. The van der Waals surface area contributed by atoms with Crippen LogP contribution in [0.3, 0.4) is 0 Å². The van der Waals surface area contributed by atoms with E-state index in [1.165, 1.54) is 11.3 Å². The van der Waals surface area contributed by atoms with Crippen LogP contribution < -0.4 is 0 Å². The van der Waals surface area contributed by atoms with Crippen molar-refractivity contribution in [3.8, 4) is 0 Å². The van der Waals surface area contributed by atoms with Crippen LogP contribution >= 0.6 is 23.1 Å². The summed E-state index contributed by atoms with van der Waals surface area (Å²) in [5.41, 5.74) is 0. The van der Waals surface area contributed by atoms with E-state index in [0.717, 1.165) is 16.6 Å².